The second kappa shape index (κ2) is 10.9. The number of Topliss-reactive ketones (excluding diaryl/α,β-unsaturated/α-hetero) is 1. The van der Waals surface area contributed by atoms with Crippen LogP contribution in [0.1, 0.15) is 58.4 Å². The number of ether oxygens (including phenoxy) is 1. The minimum Gasteiger partial charge on any atom is -0.452 e. The van der Waals surface area contributed by atoms with E-state index in [0.717, 1.165) is 16.7 Å². The Morgan fingerprint density at radius 3 is 1.88 bits per heavy atom. The normalized spacial score (nSPS) is 12.2. The van der Waals surface area contributed by atoms with Gasteiger partial charge >= 0.3 is 5.97 Å². The summed E-state index contributed by atoms with van der Waals surface area (Å²) in [4.78, 5) is 36.0. The molecule has 0 aliphatic rings. The molecule has 9 heteroatoms. The van der Waals surface area contributed by atoms with Crippen LogP contribution in [0.15, 0.2) is 29.2 Å². The molecule has 1 atom stereocenters. The number of benzene rings is 2. The fourth-order valence-electron chi connectivity index (χ4n) is 3.57. The largest absolute Gasteiger partial charge is 0.452 e. The van der Waals surface area contributed by atoms with Gasteiger partial charge in [0.25, 0.3) is 5.91 Å². The number of nitrogens with one attached hydrogen (secondary N) is 2. The van der Waals surface area contributed by atoms with Crippen LogP contribution in [0.4, 0.5) is 5.69 Å². The molecule has 1 amide bonds. The van der Waals surface area contributed by atoms with Crippen LogP contribution in [0, 0.1) is 34.6 Å². The molecule has 0 bridgehead atoms. The second-order valence-corrected chi connectivity index (χ2v) is 10.1. The Bertz CT molecular complexity index is 1190. The third-order valence-electron chi connectivity index (χ3n) is 6.06. The van der Waals surface area contributed by atoms with Crippen LogP contribution in [0.3, 0.4) is 0 Å². The van der Waals surface area contributed by atoms with Crippen molar-refractivity contribution in [2.75, 3.05) is 11.9 Å². The second-order valence-electron chi connectivity index (χ2n) is 8.36. The van der Waals surface area contributed by atoms with Crippen molar-refractivity contribution >= 4 is 33.4 Å². The minimum atomic E-state index is -3.84. The van der Waals surface area contributed by atoms with Crippen molar-refractivity contribution in [2.24, 2.45) is 0 Å². The van der Waals surface area contributed by atoms with Gasteiger partial charge in [0.15, 0.2) is 11.9 Å². The summed E-state index contributed by atoms with van der Waals surface area (Å²) >= 11 is 0. The van der Waals surface area contributed by atoms with E-state index >= 15 is 0 Å². The van der Waals surface area contributed by atoms with Gasteiger partial charge in [-0.1, -0.05) is 0 Å². The molecule has 0 fully saturated rings. The van der Waals surface area contributed by atoms with Gasteiger partial charge < -0.3 is 10.1 Å². The Balaban J connectivity index is 1.94. The Hall–Kier alpha value is -3.04. The predicted molar refractivity (Wildman–Crippen MR) is 131 cm³/mol. The van der Waals surface area contributed by atoms with E-state index in [4.69, 9.17) is 4.74 Å². The SMILES string of the molecule is CC(=O)c1ccc(NC(=O)C(C)OC(=O)CCNS(=O)(=O)c2c(C)c(C)c(C)c(C)c2C)cc1. The highest BCUT2D eigenvalue weighted by molar-refractivity contribution is 7.89. The lowest BCUT2D eigenvalue weighted by Crippen LogP contribution is -2.32. The number of hydrogen-bond donors (Lipinski definition) is 2. The minimum absolute atomic E-state index is 0.0891. The maximum atomic E-state index is 12.9. The number of sulfonamides is 1. The number of carbonyl (C=O) groups is 3. The zero-order valence-electron chi connectivity index (χ0n) is 20.7. The molecule has 2 N–H and O–H groups in total. The molecule has 2 aromatic carbocycles. The highest BCUT2D eigenvalue weighted by atomic mass is 32.2. The van der Waals surface area contributed by atoms with Crippen LogP contribution in [-0.4, -0.2) is 38.7 Å². The highest BCUT2D eigenvalue weighted by Gasteiger charge is 2.24. The van der Waals surface area contributed by atoms with Crippen LogP contribution < -0.4 is 10.0 Å². The molecule has 8 nitrogen and oxygen atoms in total. The predicted octanol–water partition coefficient (Wildman–Crippen LogP) is 3.67. The number of carbonyl (C=O) groups excluding carboxylic acids is 3. The zero-order chi connectivity index (χ0) is 25.8. The molecule has 0 saturated heterocycles. The number of esters is 1. The molecule has 34 heavy (non-hydrogen) atoms. The number of rotatable bonds is 9. The van der Waals surface area contributed by atoms with Gasteiger partial charge in [0.05, 0.1) is 11.3 Å². The lowest BCUT2D eigenvalue weighted by molar-refractivity contribution is -0.152. The molecular weight excluding hydrogens is 456 g/mol. The molecule has 184 valence electrons. The van der Waals surface area contributed by atoms with E-state index in [2.05, 4.69) is 10.0 Å². The Labute approximate surface area is 201 Å². The van der Waals surface area contributed by atoms with Crippen LogP contribution in [0.2, 0.25) is 0 Å². The number of amides is 1. The Kier molecular flexibility index (Phi) is 8.74. The molecule has 0 aliphatic carbocycles. The van der Waals surface area contributed by atoms with Gasteiger partial charge in [-0.2, -0.15) is 0 Å². The van der Waals surface area contributed by atoms with Gasteiger partial charge in [0, 0.05) is 17.8 Å². The molecular formula is C25H32N2O6S. The van der Waals surface area contributed by atoms with Gasteiger partial charge in [0.1, 0.15) is 0 Å². The first-order valence-corrected chi connectivity index (χ1v) is 12.4. The van der Waals surface area contributed by atoms with Gasteiger partial charge in [-0.3, -0.25) is 14.4 Å². The maximum Gasteiger partial charge on any atom is 0.307 e. The molecule has 1 unspecified atom stereocenters. The van der Waals surface area contributed by atoms with E-state index in [1.807, 2.05) is 20.8 Å². The average molecular weight is 489 g/mol. The van der Waals surface area contributed by atoms with Gasteiger partial charge in [-0.25, -0.2) is 13.1 Å². The highest BCUT2D eigenvalue weighted by Crippen LogP contribution is 2.29. The Morgan fingerprint density at radius 2 is 1.38 bits per heavy atom. The van der Waals surface area contributed by atoms with Crippen molar-refractivity contribution in [1.82, 2.24) is 4.72 Å². The van der Waals surface area contributed by atoms with Crippen molar-refractivity contribution in [3.8, 4) is 0 Å². The van der Waals surface area contributed by atoms with E-state index in [1.54, 1.807) is 38.1 Å². The van der Waals surface area contributed by atoms with E-state index in [1.165, 1.54) is 13.8 Å². The van der Waals surface area contributed by atoms with Gasteiger partial charge in [0.2, 0.25) is 10.0 Å². The molecule has 0 spiro atoms. The van der Waals surface area contributed by atoms with Crippen molar-refractivity contribution in [2.45, 2.75) is 65.9 Å². The van der Waals surface area contributed by atoms with Gasteiger partial charge in [-0.15, -0.1) is 0 Å². The standard InChI is InChI=1S/C25H32N2O6S/c1-14-15(2)17(4)24(18(5)16(14)3)34(31,32)26-13-12-23(29)33-20(7)25(30)27-22-10-8-21(9-11-22)19(6)28/h8-11,20,26H,12-13H2,1-7H3,(H,27,30). The summed E-state index contributed by atoms with van der Waals surface area (Å²) in [5, 5.41) is 2.60. The van der Waals surface area contributed by atoms with Crippen LogP contribution >= 0.6 is 0 Å². The van der Waals surface area contributed by atoms with Crippen molar-refractivity contribution in [1.29, 1.82) is 0 Å². The first kappa shape index (κ1) is 27.2. The maximum absolute atomic E-state index is 12.9. The summed E-state index contributed by atoms with van der Waals surface area (Å²) in [6.07, 6.45) is -1.31. The molecule has 0 aromatic heterocycles. The molecule has 2 aromatic rings. The fourth-order valence-corrected chi connectivity index (χ4v) is 5.20. The topological polar surface area (TPSA) is 119 Å². The van der Waals surface area contributed by atoms with E-state index in [0.29, 0.717) is 22.4 Å². The molecule has 0 saturated carbocycles. The first-order valence-electron chi connectivity index (χ1n) is 10.9. The quantitative estimate of drug-likeness (QED) is 0.411. The third-order valence-corrected chi connectivity index (χ3v) is 7.79. The molecule has 0 radical (unpaired) electrons. The van der Waals surface area contributed by atoms with Crippen LogP contribution in [-0.2, 0) is 24.3 Å². The number of anilines is 1. The summed E-state index contributed by atoms with van der Waals surface area (Å²) in [5.41, 5.74) is 5.22. The summed E-state index contributed by atoms with van der Waals surface area (Å²) in [6, 6.07) is 6.33. The summed E-state index contributed by atoms with van der Waals surface area (Å²) in [5.74, 6) is -1.34. The number of ketones is 1. The summed E-state index contributed by atoms with van der Waals surface area (Å²) in [6.45, 7) is 12.0. The van der Waals surface area contributed by atoms with E-state index in [9.17, 15) is 22.8 Å². The Morgan fingerprint density at radius 1 is 0.882 bits per heavy atom. The zero-order valence-corrected chi connectivity index (χ0v) is 21.5. The van der Waals surface area contributed by atoms with Crippen LogP contribution in [0.5, 0.6) is 0 Å². The lowest BCUT2D eigenvalue weighted by Gasteiger charge is -2.19. The lowest BCUT2D eigenvalue weighted by atomic mass is 9.95. The summed E-state index contributed by atoms with van der Waals surface area (Å²) < 4.78 is 33.4. The van der Waals surface area contributed by atoms with Crippen molar-refractivity contribution < 1.29 is 27.5 Å². The number of hydrogen-bond acceptors (Lipinski definition) is 6. The monoisotopic (exact) mass is 488 g/mol. The average Bonchev–Trinajstić information content (AvgIpc) is 2.76. The molecule has 0 aliphatic heterocycles. The first-order chi connectivity index (χ1) is 15.8. The smallest absolute Gasteiger partial charge is 0.307 e. The molecule has 2 rings (SSSR count). The van der Waals surface area contributed by atoms with Crippen molar-refractivity contribution in [3.05, 3.63) is 57.6 Å². The van der Waals surface area contributed by atoms with Gasteiger partial charge in [-0.05, 0) is 101 Å². The van der Waals surface area contributed by atoms with Crippen molar-refractivity contribution in [3.63, 3.8) is 0 Å². The van der Waals surface area contributed by atoms with Crippen LogP contribution in [0.25, 0.3) is 0 Å². The molecule has 0 heterocycles. The van der Waals surface area contributed by atoms with E-state index in [-0.39, 0.29) is 23.6 Å². The third kappa shape index (κ3) is 6.30. The fraction of sp³-hybridized carbons (Fsp3) is 0.400. The summed E-state index contributed by atoms with van der Waals surface area (Å²) in [7, 11) is -3.84. The van der Waals surface area contributed by atoms with E-state index < -0.39 is 28.0 Å².